The Morgan fingerprint density at radius 2 is 1.35 bits per heavy atom. The molecule has 0 aliphatic carbocycles. The maximum Gasteiger partial charge on any atom is 0.272 e. The van der Waals surface area contributed by atoms with Gasteiger partial charge < -0.3 is 16.0 Å². The molecular formula is C36H24BrF4N3O3S. The van der Waals surface area contributed by atoms with Crippen LogP contribution in [0.15, 0.2) is 130 Å². The van der Waals surface area contributed by atoms with Gasteiger partial charge in [-0.1, -0.05) is 82.7 Å². The molecule has 0 saturated heterocycles. The molecule has 5 rings (SSSR count). The van der Waals surface area contributed by atoms with Crippen molar-refractivity contribution in [2.24, 2.45) is 0 Å². The minimum Gasteiger partial charge on any atom is -0.321 e. The van der Waals surface area contributed by atoms with Gasteiger partial charge in [-0.25, -0.2) is 17.6 Å². The van der Waals surface area contributed by atoms with E-state index in [1.54, 1.807) is 103 Å². The monoisotopic (exact) mass is 733 g/mol. The van der Waals surface area contributed by atoms with E-state index in [0.717, 1.165) is 16.2 Å². The number of anilines is 2. The molecule has 0 aromatic heterocycles. The summed E-state index contributed by atoms with van der Waals surface area (Å²) in [7, 11) is 0. The molecule has 1 atom stereocenters. The number of carbonyl (C=O) groups is 3. The Kier molecular flexibility index (Phi) is 11.1. The zero-order valence-electron chi connectivity index (χ0n) is 24.6. The minimum absolute atomic E-state index is 0.0482. The zero-order valence-corrected chi connectivity index (χ0v) is 27.0. The third-order valence-corrected chi connectivity index (χ3v) is 8.48. The summed E-state index contributed by atoms with van der Waals surface area (Å²) in [6.45, 7) is 0. The topological polar surface area (TPSA) is 87.3 Å². The molecule has 3 N–H and O–H groups in total. The number of rotatable bonds is 10. The smallest absolute Gasteiger partial charge is 0.272 e. The van der Waals surface area contributed by atoms with Gasteiger partial charge in [0.25, 0.3) is 11.8 Å². The molecule has 0 heterocycles. The van der Waals surface area contributed by atoms with E-state index in [0.29, 0.717) is 27.3 Å². The molecule has 0 bridgehead atoms. The number of thioether (sulfide) groups is 1. The largest absolute Gasteiger partial charge is 0.321 e. The molecule has 5 aromatic carbocycles. The van der Waals surface area contributed by atoms with Crippen LogP contribution in [0, 0.1) is 23.3 Å². The van der Waals surface area contributed by atoms with Crippen molar-refractivity contribution in [3.05, 3.63) is 165 Å². The quantitative estimate of drug-likeness (QED) is 0.0579. The zero-order chi connectivity index (χ0) is 34.2. The molecule has 48 heavy (non-hydrogen) atoms. The highest BCUT2D eigenvalue weighted by Crippen LogP contribution is 2.38. The fraction of sp³-hybridized carbons (Fsp3) is 0.0278. The van der Waals surface area contributed by atoms with Crippen LogP contribution in [0.1, 0.15) is 26.7 Å². The van der Waals surface area contributed by atoms with Gasteiger partial charge in [0.15, 0.2) is 23.3 Å². The summed E-state index contributed by atoms with van der Waals surface area (Å²) in [5.41, 5.74) is 0.408. The number of amides is 3. The van der Waals surface area contributed by atoms with Crippen molar-refractivity contribution in [3.63, 3.8) is 0 Å². The van der Waals surface area contributed by atoms with E-state index in [1.807, 2.05) is 11.4 Å². The lowest BCUT2D eigenvalue weighted by molar-refractivity contribution is -0.116. The second-order valence-corrected chi connectivity index (χ2v) is 12.3. The molecule has 0 spiro atoms. The van der Waals surface area contributed by atoms with Gasteiger partial charge in [0.05, 0.1) is 0 Å². The highest BCUT2D eigenvalue weighted by molar-refractivity contribution is 9.10. The number of carbonyl (C=O) groups excluding carboxylic acids is 3. The molecule has 0 radical (unpaired) electrons. The normalized spacial score (nSPS) is 11.8. The van der Waals surface area contributed by atoms with Gasteiger partial charge in [-0.3, -0.25) is 14.4 Å². The van der Waals surface area contributed by atoms with Crippen molar-refractivity contribution in [2.45, 2.75) is 10.1 Å². The molecule has 12 heteroatoms. The van der Waals surface area contributed by atoms with Crippen LogP contribution >= 0.6 is 27.7 Å². The summed E-state index contributed by atoms with van der Waals surface area (Å²) in [4.78, 5) is 40.4. The molecule has 0 aliphatic heterocycles. The molecule has 0 saturated carbocycles. The summed E-state index contributed by atoms with van der Waals surface area (Å²) in [5.74, 6) is -8.90. The Morgan fingerprint density at radius 3 is 2.02 bits per heavy atom. The van der Waals surface area contributed by atoms with Gasteiger partial charge in [0.1, 0.15) is 16.6 Å². The second kappa shape index (κ2) is 15.6. The minimum atomic E-state index is -1.74. The van der Waals surface area contributed by atoms with Gasteiger partial charge >= 0.3 is 0 Å². The van der Waals surface area contributed by atoms with Crippen LogP contribution in [-0.2, 0) is 9.59 Å². The van der Waals surface area contributed by atoms with Crippen molar-refractivity contribution < 1.29 is 31.9 Å². The van der Waals surface area contributed by atoms with Crippen LogP contribution in [0.2, 0.25) is 0 Å². The average Bonchev–Trinajstić information content (AvgIpc) is 3.08. The van der Waals surface area contributed by atoms with Crippen LogP contribution in [-0.4, -0.2) is 17.7 Å². The molecule has 0 fully saturated rings. The molecular weight excluding hydrogens is 710 g/mol. The number of benzene rings is 5. The maximum atomic E-state index is 14.4. The number of hydrogen-bond acceptors (Lipinski definition) is 4. The summed E-state index contributed by atoms with van der Waals surface area (Å²) < 4.78 is 57.2. The first-order valence-corrected chi connectivity index (χ1v) is 15.9. The van der Waals surface area contributed by atoms with Crippen LogP contribution < -0.4 is 16.0 Å². The van der Waals surface area contributed by atoms with E-state index in [9.17, 15) is 31.9 Å². The van der Waals surface area contributed by atoms with Gasteiger partial charge in [-0.15, -0.1) is 11.8 Å². The number of halogens is 5. The molecule has 1 unspecified atom stereocenters. The predicted octanol–water partition coefficient (Wildman–Crippen LogP) is 8.89. The van der Waals surface area contributed by atoms with Crippen LogP contribution in [0.5, 0.6) is 0 Å². The van der Waals surface area contributed by atoms with E-state index in [4.69, 9.17) is 0 Å². The Balaban J connectivity index is 1.40. The third-order valence-electron chi connectivity index (χ3n) is 6.73. The van der Waals surface area contributed by atoms with Gasteiger partial charge in [0.2, 0.25) is 5.91 Å². The van der Waals surface area contributed by atoms with Crippen molar-refractivity contribution in [2.75, 3.05) is 10.6 Å². The first kappa shape index (κ1) is 34.1. The van der Waals surface area contributed by atoms with Crippen LogP contribution in [0.4, 0.5) is 28.9 Å². The van der Waals surface area contributed by atoms with Gasteiger partial charge in [-0.05, 0) is 59.7 Å². The predicted molar refractivity (Wildman–Crippen MR) is 181 cm³/mol. The summed E-state index contributed by atoms with van der Waals surface area (Å²) in [5, 5.41) is 6.27. The van der Waals surface area contributed by atoms with Crippen molar-refractivity contribution in [1.29, 1.82) is 0 Å². The molecule has 0 aliphatic rings. The molecule has 5 aromatic rings. The fourth-order valence-electron chi connectivity index (χ4n) is 4.46. The molecule has 6 nitrogen and oxygen atoms in total. The summed E-state index contributed by atoms with van der Waals surface area (Å²) in [6, 6.07) is 30.2. The standard InChI is InChI=1S/C36H24BrF4N3O3S/c37-24-14-7-9-21(17-24)18-29(43-34(45)23-12-5-2-6-13-23)35(46)42-25-15-8-16-26(19-25)48-33(22-10-3-1-4-11-22)36(47)44-32-30(40)27(38)20-28(39)31(32)41/h1-20,33H,(H,42,46)(H,43,45)(H,44,47)/b29-18+. The molecule has 3 amide bonds. The lowest BCUT2D eigenvalue weighted by atomic mass is 10.1. The lowest BCUT2D eigenvalue weighted by Gasteiger charge is -2.18. The highest BCUT2D eigenvalue weighted by Gasteiger charge is 2.27. The third kappa shape index (κ3) is 8.58. The number of hydrogen-bond donors (Lipinski definition) is 3. The van der Waals surface area contributed by atoms with E-state index in [1.165, 1.54) is 6.08 Å². The van der Waals surface area contributed by atoms with Crippen molar-refractivity contribution in [1.82, 2.24) is 5.32 Å². The van der Waals surface area contributed by atoms with Crippen molar-refractivity contribution >= 4 is 62.9 Å². The van der Waals surface area contributed by atoms with E-state index in [-0.39, 0.29) is 11.8 Å². The van der Waals surface area contributed by atoms with Crippen LogP contribution in [0.25, 0.3) is 6.08 Å². The van der Waals surface area contributed by atoms with E-state index >= 15 is 0 Å². The van der Waals surface area contributed by atoms with Gasteiger partial charge in [0, 0.05) is 26.7 Å². The highest BCUT2D eigenvalue weighted by atomic mass is 79.9. The van der Waals surface area contributed by atoms with E-state index < -0.39 is 51.9 Å². The Hall–Kier alpha value is -5.20. The van der Waals surface area contributed by atoms with Crippen LogP contribution in [0.3, 0.4) is 0 Å². The summed E-state index contributed by atoms with van der Waals surface area (Å²) in [6.07, 6.45) is 1.52. The second-order valence-electron chi connectivity index (χ2n) is 10.2. The lowest BCUT2D eigenvalue weighted by Crippen LogP contribution is -2.30. The first-order valence-electron chi connectivity index (χ1n) is 14.2. The Bertz CT molecular complexity index is 1990. The van der Waals surface area contributed by atoms with Gasteiger partial charge in [-0.2, -0.15) is 0 Å². The average molecular weight is 735 g/mol. The summed E-state index contributed by atoms with van der Waals surface area (Å²) >= 11 is 4.36. The SMILES string of the molecule is O=C(Nc1cccc(SC(C(=O)Nc2c(F)c(F)cc(F)c2F)c2ccccc2)c1)/C(=C\c1cccc(Br)c1)NC(=O)c1ccccc1. The fourth-order valence-corrected chi connectivity index (χ4v) is 5.96. The molecule has 242 valence electrons. The Labute approximate surface area is 285 Å². The number of nitrogens with one attached hydrogen (secondary N) is 3. The Morgan fingerprint density at radius 1 is 0.708 bits per heavy atom. The maximum absolute atomic E-state index is 14.4. The van der Waals surface area contributed by atoms with Crippen molar-refractivity contribution in [3.8, 4) is 0 Å². The van der Waals surface area contributed by atoms with E-state index in [2.05, 4.69) is 26.6 Å². The first-order chi connectivity index (χ1) is 23.1.